The molecule has 0 bridgehead atoms. The van der Waals surface area contributed by atoms with Gasteiger partial charge in [0.2, 0.25) is 11.8 Å². The maximum absolute atomic E-state index is 14.2. The second kappa shape index (κ2) is 11.3. The van der Waals surface area contributed by atoms with E-state index >= 15 is 0 Å². The molecule has 0 spiro atoms. The van der Waals surface area contributed by atoms with E-state index in [9.17, 15) is 33.9 Å². The highest BCUT2D eigenvalue weighted by molar-refractivity contribution is 7.98. The fraction of sp³-hybridized carbons (Fsp3) is 0.257. The number of hydrogen-bond donors (Lipinski definition) is 2. The Kier molecular flexibility index (Phi) is 7.46. The summed E-state index contributed by atoms with van der Waals surface area (Å²) < 4.78 is 5.79. The van der Waals surface area contributed by atoms with Gasteiger partial charge in [0.05, 0.1) is 41.6 Å². The van der Waals surface area contributed by atoms with E-state index in [1.807, 2.05) is 0 Å². The molecule has 3 heterocycles. The van der Waals surface area contributed by atoms with Gasteiger partial charge in [0.1, 0.15) is 11.1 Å². The van der Waals surface area contributed by atoms with Crippen LogP contribution in [0.25, 0.3) is 11.0 Å². The normalized spacial score (nSPS) is 23.3. The fourth-order valence-corrected chi connectivity index (χ4v) is 7.88. The van der Waals surface area contributed by atoms with Crippen molar-refractivity contribution < 1.29 is 33.5 Å². The molecule has 2 fully saturated rings. The van der Waals surface area contributed by atoms with Crippen molar-refractivity contribution in [3.63, 3.8) is 0 Å². The smallest absolute Gasteiger partial charge is 0.324 e. The molecular weight excluding hydrogens is 644 g/mol. The minimum atomic E-state index is -1.85. The highest BCUT2D eigenvalue weighted by atomic mass is 35.5. The lowest BCUT2D eigenvalue weighted by Crippen LogP contribution is -2.56. The second-order valence-corrected chi connectivity index (χ2v) is 13.5. The number of carbonyl (C=O) groups excluding carboxylic acids is 4. The Morgan fingerprint density at radius 2 is 1.66 bits per heavy atom. The molecule has 7 rings (SSSR count). The van der Waals surface area contributed by atoms with E-state index in [1.165, 1.54) is 36.2 Å². The number of carboxylic acid groups (broad SMARTS) is 1. The van der Waals surface area contributed by atoms with Crippen molar-refractivity contribution in [1.82, 2.24) is 10.2 Å². The van der Waals surface area contributed by atoms with E-state index in [0.717, 1.165) is 4.90 Å². The molecule has 3 aromatic carbocycles. The number of rotatable bonds is 7. The number of carbonyl (C=O) groups is 5. The summed E-state index contributed by atoms with van der Waals surface area (Å²) in [5, 5.41) is 14.2. The molecular formula is C35H27ClN2O8S. The van der Waals surface area contributed by atoms with Gasteiger partial charge in [-0.05, 0) is 60.7 Å². The molecule has 1 aliphatic carbocycles. The lowest BCUT2D eigenvalue weighted by molar-refractivity contribution is -0.151. The maximum atomic E-state index is 14.2. The zero-order valence-corrected chi connectivity index (χ0v) is 26.7. The number of benzene rings is 3. The number of ketones is 2. The van der Waals surface area contributed by atoms with Gasteiger partial charge in [-0.1, -0.05) is 41.9 Å². The summed E-state index contributed by atoms with van der Waals surface area (Å²) in [6.07, 6.45) is 3.02. The Morgan fingerprint density at radius 3 is 2.34 bits per heavy atom. The number of nitrogens with zero attached hydrogens (tertiary/aromatic N) is 1. The average molecular weight is 671 g/mol. The predicted molar refractivity (Wildman–Crippen MR) is 174 cm³/mol. The number of imide groups is 1. The van der Waals surface area contributed by atoms with Crippen LogP contribution >= 0.6 is 23.4 Å². The first-order chi connectivity index (χ1) is 22.5. The summed E-state index contributed by atoms with van der Waals surface area (Å²) in [5.74, 6) is -5.51. The summed E-state index contributed by atoms with van der Waals surface area (Å²) in [6, 6.07) is 13.0. The first kappa shape index (κ1) is 31.0. The van der Waals surface area contributed by atoms with Crippen LogP contribution in [-0.4, -0.2) is 56.9 Å². The van der Waals surface area contributed by atoms with Crippen LogP contribution < -0.4 is 10.7 Å². The molecule has 2 N–H and O–H groups in total. The number of halogens is 1. The molecule has 4 aromatic rings. The Balaban J connectivity index is 1.29. The van der Waals surface area contributed by atoms with Gasteiger partial charge in [-0.3, -0.25) is 39.0 Å². The number of aryl methyl sites for hydroxylation is 1. The molecule has 2 aliphatic heterocycles. The molecule has 1 aromatic heterocycles. The van der Waals surface area contributed by atoms with Crippen molar-refractivity contribution in [2.75, 3.05) is 12.0 Å². The Morgan fingerprint density at radius 1 is 0.979 bits per heavy atom. The molecule has 0 saturated carbocycles. The van der Waals surface area contributed by atoms with Crippen molar-refractivity contribution in [3.05, 3.63) is 115 Å². The molecule has 238 valence electrons. The number of carboxylic acids is 1. The first-order valence-corrected chi connectivity index (χ1v) is 16.6. The van der Waals surface area contributed by atoms with E-state index in [4.69, 9.17) is 16.0 Å². The largest absolute Gasteiger partial charge is 0.480 e. The van der Waals surface area contributed by atoms with Gasteiger partial charge in [0, 0.05) is 27.3 Å². The topological polar surface area (TPSA) is 151 Å². The van der Waals surface area contributed by atoms with Crippen LogP contribution in [0.2, 0.25) is 5.02 Å². The number of nitrogens with one attached hydrogen (secondary N) is 1. The summed E-state index contributed by atoms with van der Waals surface area (Å²) in [6.45, 7) is 1.51. The fourth-order valence-electron chi connectivity index (χ4n) is 7.19. The SMILES string of the molecule is CSCCC1(C(=O)O)NC(c2coc3cc(C)c(Cl)cc3c2=O)C2C(=O)N(Cc3ccc4c(c3)C(=O)c3ccccc3C4=O)C(=O)C21. The second-order valence-electron chi connectivity index (χ2n) is 12.1. The first-order valence-electron chi connectivity index (χ1n) is 14.9. The standard InChI is InChI=1S/C35H27ClN2O8S/c1-16-11-25-22(13-24(16)36)31(41)23(15-46-25)28-26-27(35(37-28,34(44)45)9-10-47-2)33(43)38(32(26)42)14-17-7-8-20-21(12-17)30(40)19-6-4-3-5-18(19)29(20)39/h3-8,11-13,15,26-28,37H,9-10,14H2,1-2H3,(H,44,45). The van der Waals surface area contributed by atoms with Crippen LogP contribution in [-0.2, 0) is 20.9 Å². The Bertz CT molecular complexity index is 2140. The van der Waals surface area contributed by atoms with E-state index in [2.05, 4.69) is 5.32 Å². The van der Waals surface area contributed by atoms with E-state index in [1.54, 1.807) is 49.6 Å². The van der Waals surface area contributed by atoms with E-state index in [-0.39, 0.29) is 57.8 Å². The molecule has 0 radical (unpaired) electrons. The summed E-state index contributed by atoms with van der Waals surface area (Å²) >= 11 is 7.70. The van der Waals surface area contributed by atoms with Crippen LogP contribution in [0.5, 0.6) is 0 Å². The van der Waals surface area contributed by atoms with Crippen molar-refractivity contribution in [2.24, 2.45) is 11.8 Å². The van der Waals surface area contributed by atoms with Crippen molar-refractivity contribution in [2.45, 2.75) is 31.5 Å². The van der Waals surface area contributed by atoms with Gasteiger partial charge in [0.15, 0.2) is 17.0 Å². The van der Waals surface area contributed by atoms with Crippen LogP contribution in [0.4, 0.5) is 0 Å². The maximum Gasteiger partial charge on any atom is 0.324 e. The highest BCUT2D eigenvalue weighted by Crippen LogP contribution is 2.50. The van der Waals surface area contributed by atoms with Gasteiger partial charge < -0.3 is 9.52 Å². The third-order valence-corrected chi connectivity index (χ3v) is 10.6. The van der Waals surface area contributed by atoms with Gasteiger partial charge in [-0.2, -0.15) is 11.8 Å². The Labute approximate surface area is 277 Å². The van der Waals surface area contributed by atoms with Crippen molar-refractivity contribution in [1.29, 1.82) is 0 Å². The van der Waals surface area contributed by atoms with Gasteiger partial charge in [-0.25, -0.2) is 0 Å². The molecule has 2 amide bonds. The third-order valence-electron chi connectivity index (χ3n) is 9.57. The number of likely N-dealkylation sites (tertiary alicyclic amines) is 1. The minimum Gasteiger partial charge on any atom is -0.480 e. The quantitative estimate of drug-likeness (QED) is 0.236. The monoisotopic (exact) mass is 670 g/mol. The molecule has 3 aliphatic rings. The zero-order chi connectivity index (χ0) is 33.4. The van der Waals surface area contributed by atoms with Gasteiger partial charge >= 0.3 is 5.97 Å². The van der Waals surface area contributed by atoms with E-state index in [0.29, 0.717) is 27.5 Å². The van der Waals surface area contributed by atoms with Crippen LogP contribution in [0.3, 0.4) is 0 Å². The zero-order valence-electron chi connectivity index (χ0n) is 25.2. The minimum absolute atomic E-state index is 0.00678. The van der Waals surface area contributed by atoms with E-state index < -0.39 is 46.6 Å². The van der Waals surface area contributed by atoms with Crippen LogP contribution in [0, 0.1) is 18.8 Å². The lowest BCUT2D eigenvalue weighted by atomic mass is 9.78. The van der Waals surface area contributed by atoms with Crippen molar-refractivity contribution in [3.8, 4) is 0 Å². The van der Waals surface area contributed by atoms with Crippen LogP contribution in [0.1, 0.15) is 61.0 Å². The van der Waals surface area contributed by atoms with Crippen LogP contribution in [0.15, 0.2) is 70.1 Å². The molecule has 10 nitrogen and oxygen atoms in total. The molecule has 4 unspecified atom stereocenters. The summed E-state index contributed by atoms with van der Waals surface area (Å²) in [4.78, 5) is 82.7. The number of thioether (sulfide) groups is 1. The van der Waals surface area contributed by atoms with Gasteiger partial charge in [-0.15, -0.1) is 0 Å². The molecule has 12 heteroatoms. The highest BCUT2D eigenvalue weighted by Gasteiger charge is 2.68. The third kappa shape index (κ3) is 4.59. The summed E-state index contributed by atoms with van der Waals surface area (Å²) in [7, 11) is 0. The predicted octanol–water partition coefficient (Wildman–Crippen LogP) is 4.55. The number of aliphatic carboxylic acids is 1. The van der Waals surface area contributed by atoms with Gasteiger partial charge in [0.25, 0.3) is 0 Å². The molecule has 4 atom stereocenters. The summed E-state index contributed by atoms with van der Waals surface area (Å²) in [5.41, 5.74) is 0.00673. The average Bonchev–Trinajstić information content (AvgIpc) is 3.53. The number of amides is 2. The Hall–Kier alpha value is -4.58. The number of fused-ring (bicyclic) bond motifs is 4. The lowest BCUT2D eigenvalue weighted by Gasteiger charge is -2.31. The molecule has 47 heavy (non-hydrogen) atoms. The number of hydrogen-bond acceptors (Lipinski definition) is 9. The molecule has 2 saturated heterocycles. The van der Waals surface area contributed by atoms with Crippen molar-refractivity contribution >= 4 is 63.7 Å².